The molecule has 23 heavy (non-hydrogen) atoms. The Balaban J connectivity index is 2.03. The Labute approximate surface area is 141 Å². The molecule has 2 unspecified atom stereocenters. The van der Waals surface area contributed by atoms with Crippen LogP contribution in [0.5, 0.6) is 0 Å². The van der Waals surface area contributed by atoms with Gasteiger partial charge in [0, 0.05) is 12.5 Å². The van der Waals surface area contributed by atoms with Crippen LogP contribution in [0.4, 0.5) is 0 Å². The summed E-state index contributed by atoms with van der Waals surface area (Å²) in [5.74, 6) is 1.55. The summed E-state index contributed by atoms with van der Waals surface area (Å²) in [6.07, 6.45) is 5.26. The van der Waals surface area contributed by atoms with E-state index in [0.29, 0.717) is 17.6 Å². The minimum absolute atomic E-state index is 0.192. The van der Waals surface area contributed by atoms with E-state index in [1.807, 2.05) is 14.1 Å². The molecule has 0 spiro atoms. The van der Waals surface area contributed by atoms with Crippen molar-refractivity contribution < 1.29 is 4.79 Å². The van der Waals surface area contributed by atoms with Gasteiger partial charge in [0.2, 0.25) is 0 Å². The molecule has 0 saturated heterocycles. The summed E-state index contributed by atoms with van der Waals surface area (Å²) in [4.78, 5) is 14.6. The molecule has 1 aliphatic rings. The molecule has 1 saturated carbocycles. The van der Waals surface area contributed by atoms with Gasteiger partial charge in [-0.05, 0) is 61.9 Å². The predicted octanol–water partition coefficient (Wildman–Crippen LogP) is 4.46. The molecule has 1 aromatic rings. The summed E-state index contributed by atoms with van der Waals surface area (Å²) in [6, 6.07) is 8.90. The van der Waals surface area contributed by atoms with Gasteiger partial charge in [-0.2, -0.15) is 0 Å². The monoisotopic (exact) mass is 313 g/mol. The van der Waals surface area contributed by atoms with Gasteiger partial charge in [0.1, 0.15) is 0 Å². The van der Waals surface area contributed by atoms with Crippen LogP contribution in [0.3, 0.4) is 0 Å². The fourth-order valence-corrected chi connectivity index (χ4v) is 3.45. The topological polar surface area (TPSA) is 20.3 Å². The highest BCUT2D eigenvalue weighted by molar-refractivity contribution is 5.99. The molecule has 1 aromatic carbocycles. The van der Waals surface area contributed by atoms with Crippen LogP contribution in [-0.2, 0) is 11.2 Å². The van der Waals surface area contributed by atoms with E-state index in [2.05, 4.69) is 56.0 Å². The van der Waals surface area contributed by atoms with Gasteiger partial charge in [0.05, 0.1) is 0 Å². The Bertz CT molecular complexity index is 554. The lowest BCUT2D eigenvalue weighted by Crippen LogP contribution is -2.24. The smallest absolute Gasteiger partial charge is 0.162 e. The summed E-state index contributed by atoms with van der Waals surface area (Å²) in [6.45, 7) is 7.55. The van der Waals surface area contributed by atoms with Gasteiger partial charge in [-0.15, -0.1) is 0 Å². The molecule has 0 bridgehead atoms. The van der Waals surface area contributed by atoms with Crippen molar-refractivity contribution >= 4 is 5.78 Å². The molecule has 0 aliphatic heterocycles. The lowest BCUT2D eigenvalue weighted by Gasteiger charge is -2.14. The summed E-state index contributed by atoms with van der Waals surface area (Å²) in [5.41, 5.74) is 3.73. The normalized spacial score (nSPS) is 21.6. The van der Waals surface area contributed by atoms with Gasteiger partial charge in [-0.25, -0.2) is 0 Å². The van der Waals surface area contributed by atoms with E-state index in [0.717, 1.165) is 31.4 Å². The Morgan fingerprint density at radius 1 is 1.17 bits per heavy atom. The molecule has 1 aliphatic carbocycles. The molecule has 2 rings (SSSR count). The minimum atomic E-state index is 0.192. The number of allylic oxidation sites excluding steroid dienone is 2. The van der Waals surface area contributed by atoms with E-state index < -0.39 is 0 Å². The van der Waals surface area contributed by atoms with Crippen molar-refractivity contribution in [2.45, 2.75) is 46.0 Å². The summed E-state index contributed by atoms with van der Waals surface area (Å²) in [7, 11) is 4.08. The largest absolute Gasteiger partial charge is 0.309 e. The van der Waals surface area contributed by atoms with Crippen molar-refractivity contribution in [3.8, 4) is 0 Å². The number of hydrogen-bond donors (Lipinski definition) is 0. The van der Waals surface area contributed by atoms with E-state index >= 15 is 0 Å². The number of carbonyl (C=O) groups is 1. The third kappa shape index (κ3) is 5.04. The number of Topliss-reactive ketones (excluding diaryl/α,β-unsaturated/α-hetero) is 1. The van der Waals surface area contributed by atoms with Crippen molar-refractivity contribution in [3.63, 3.8) is 0 Å². The fraction of sp³-hybridized carbons (Fsp3) is 0.571. The Morgan fingerprint density at radius 2 is 1.83 bits per heavy atom. The minimum Gasteiger partial charge on any atom is -0.309 e. The van der Waals surface area contributed by atoms with Gasteiger partial charge in [0.25, 0.3) is 0 Å². The van der Waals surface area contributed by atoms with Gasteiger partial charge in [-0.3, -0.25) is 4.79 Å². The summed E-state index contributed by atoms with van der Waals surface area (Å²) < 4.78 is 0. The molecule has 2 nitrogen and oxygen atoms in total. The number of nitrogens with zero attached hydrogens (tertiary/aromatic N) is 1. The van der Waals surface area contributed by atoms with Gasteiger partial charge >= 0.3 is 0 Å². The molecular formula is C21H31NO. The van der Waals surface area contributed by atoms with Crippen LogP contribution in [-0.4, -0.2) is 31.3 Å². The quantitative estimate of drug-likeness (QED) is 0.723. The maximum atomic E-state index is 12.5. The molecule has 0 radical (unpaired) electrons. The first-order valence-corrected chi connectivity index (χ1v) is 8.85. The van der Waals surface area contributed by atoms with Gasteiger partial charge in [0.15, 0.2) is 5.78 Å². The van der Waals surface area contributed by atoms with E-state index in [1.54, 1.807) is 0 Å². The molecule has 0 amide bonds. The molecular weight excluding hydrogens is 282 g/mol. The molecule has 1 fully saturated rings. The average Bonchev–Trinajstić information content (AvgIpc) is 2.80. The van der Waals surface area contributed by atoms with Crippen molar-refractivity contribution in [1.29, 1.82) is 0 Å². The standard InChI is InChI=1S/C21H31NO/c1-15(2)12-17-6-8-18(9-7-17)16(3)13-19-10-11-20(21(19)23)14-22(4)5/h6-9,13,15-16,20H,10-12,14H2,1-5H3/b19-13+. The van der Waals surface area contributed by atoms with Crippen LogP contribution >= 0.6 is 0 Å². The number of rotatable bonds is 6. The first-order valence-electron chi connectivity index (χ1n) is 8.85. The van der Waals surface area contributed by atoms with Crippen LogP contribution in [0.25, 0.3) is 0 Å². The van der Waals surface area contributed by atoms with Crippen LogP contribution in [0, 0.1) is 11.8 Å². The highest BCUT2D eigenvalue weighted by atomic mass is 16.1. The molecule has 2 atom stereocenters. The van der Waals surface area contributed by atoms with Crippen molar-refractivity contribution in [2.24, 2.45) is 11.8 Å². The first-order chi connectivity index (χ1) is 10.9. The second-order valence-electron chi connectivity index (χ2n) is 7.68. The maximum Gasteiger partial charge on any atom is 0.162 e. The van der Waals surface area contributed by atoms with Gasteiger partial charge < -0.3 is 4.90 Å². The summed E-state index contributed by atoms with van der Waals surface area (Å²) in [5, 5.41) is 0. The Hall–Kier alpha value is -1.41. The Kier molecular flexibility index (Phi) is 6.17. The second-order valence-corrected chi connectivity index (χ2v) is 7.68. The van der Waals surface area contributed by atoms with Crippen LogP contribution < -0.4 is 0 Å². The zero-order chi connectivity index (χ0) is 17.0. The summed E-state index contributed by atoms with van der Waals surface area (Å²) >= 11 is 0. The first kappa shape index (κ1) is 17.9. The average molecular weight is 313 g/mol. The number of ketones is 1. The van der Waals surface area contributed by atoms with E-state index in [1.165, 1.54) is 11.1 Å². The zero-order valence-corrected chi connectivity index (χ0v) is 15.3. The Morgan fingerprint density at radius 3 is 2.39 bits per heavy atom. The van der Waals surface area contributed by atoms with Crippen LogP contribution in [0.2, 0.25) is 0 Å². The zero-order valence-electron chi connectivity index (χ0n) is 15.3. The van der Waals surface area contributed by atoms with E-state index in [9.17, 15) is 4.79 Å². The number of carbonyl (C=O) groups excluding carboxylic acids is 1. The van der Waals surface area contributed by atoms with Crippen LogP contribution in [0.15, 0.2) is 35.9 Å². The van der Waals surface area contributed by atoms with E-state index in [4.69, 9.17) is 0 Å². The third-order valence-electron chi connectivity index (χ3n) is 4.64. The predicted molar refractivity (Wildman–Crippen MR) is 97.8 cm³/mol. The second kappa shape index (κ2) is 7.92. The van der Waals surface area contributed by atoms with Crippen molar-refractivity contribution in [3.05, 3.63) is 47.0 Å². The maximum absolute atomic E-state index is 12.5. The van der Waals surface area contributed by atoms with Crippen molar-refractivity contribution in [1.82, 2.24) is 4.90 Å². The van der Waals surface area contributed by atoms with E-state index in [-0.39, 0.29) is 5.92 Å². The number of hydrogen-bond acceptors (Lipinski definition) is 2. The SMILES string of the molecule is CC(C)Cc1ccc(C(C)/C=C2\CCC(CN(C)C)C2=O)cc1. The van der Waals surface area contributed by atoms with Crippen molar-refractivity contribution in [2.75, 3.05) is 20.6 Å². The molecule has 0 N–H and O–H groups in total. The number of benzene rings is 1. The fourth-order valence-electron chi connectivity index (χ4n) is 3.45. The van der Waals surface area contributed by atoms with Gasteiger partial charge in [-0.1, -0.05) is 51.1 Å². The molecule has 2 heteroatoms. The lowest BCUT2D eigenvalue weighted by molar-refractivity contribution is -0.118. The molecule has 0 heterocycles. The van der Waals surface area contributed by atoms with Crippen LogP contribution in [0.1, 0.15) is 50.7 Å². The molecule has 0 aromatic heterocycles. The highest BCUT2D eigenvalue weighted by Crippen LogP contribution is 2.30. The highest BCUT2D eigenvalue weighted by Gasteiger charge is 2.29. The lowest BCUT2D eigenvalue weighted by atomic mass is 9.94. The third-order valence-corrected chi connectivity index (χ3v) is 4.64. The molecule has 126 valence electrons.